The first-order valence-electron chi connectivity index (χ1n) is 6.67. The van der Waals surface area contributed by atoms with Gasteiger partial charge >= 0.3 is 5.97 Å². The summed E-state index contributed by atoms with van der Waals surface area (Å²) in [5.74, 6) is -0.399. The lowest BCUT2D eigenvalue weighted by atomic mass is 9.71. The molecule has 0 aromatic rings. The predicted molar refractivity (Wildman–Crippen MR) is 72.9 cm³/mol. The highest BCUT2D eigenvalue weighted by Crippen LogP contribution is 2.38. The molecule has 7 heteroatoms. The third-order valence-electron chi connectivity index (χ3n) is 3.68. The molecular weight excluding hydrogens is 268 g/mol. The highest BCUT2D eigenvalue weighted by atomic mass is 32.2. The van der Waals surface area contributed by atoms with Gasteiger partial charge in [-0.05, 0) is 45.4 Å². The van der Waals surface area contributed by atoms with Crippen molar-refractivity contribution >= 4 is 16.2 Å². The average Bonchev–Trinajstić information content (AvgIpc) is 2.27. The Labute approximate surface area is 115 Å². The van der Waals surface area contributed by atoms with Gasteiger partial charge in [-0.15, -0.1) is 0 Å². The first kappa shape index (κ1) is 16.4. The highest BCUT2D eigenvalue weighted by Gasteiger charge is 2.41. The molecule has 0 saturated heterocycles. The molecule has 3 N–H and O–H groups in total. The smallest absolute Gasteiger partial charge is 0.310 e. The molecule has 0 aliphatic heterocycles. The van der Waals surface area contributed by atoms with Crippen molar-refractivity contribution in [3.8, 4) is 0 Å². The second-order valence-electron chi connectivity index (χ2n) is 5.87. The summed E-state index contributed by atoms with van der Waals surface area (Å²) < 4.78 is 28.2. The second-order valence-corrected chi connectivity index (χ2v) is 7.40. The summed E-state index contributed by atoms with van der Waals surface area (Å²) >= 11 is 0. The van der Waals surface area contributed by atoms with Crippen molar-refractivity contribution in [2.75, 3.05) is 6.54 Å². The SMILES string of the molecule is CC1CCC(CNS(=O)(=O)NC(C)C)(C(=O)O)CC1. The molecule has 19 heavy (non-hydrogen) atoms. The quantitative estimate of drug-likeness (QED) is 0.683. The van der Waals surface area contributed by atoms with Gasteiger partial charge in [-0.25, -0.2) is 4.72 Å². The normalized spacial score (nSPS) is 28.5. The maximum Gasteiger partial charge on any atom is 0.310 e. The molecule has 112 valence electrons. The third-order valence-corrected chi connectivity index (χ3v) is 4.98. The van der Waals surface area contributed by atoms with E-state index in [9.17, 15) is 18.3 Å². The molecule has 1 saturated carbocycles. The number of aliphatic carboxylic acids is 1. The summed E-state index contributed by atoms with van der Waals surface area (Å²) in [5, 5.41) is 9.40. The minimum Gasteiger partial charge on any atom is -0.481 e. The number of carbonyl (C=O) groups is 1. The second kappa shape index (κ2) is 6.19. The van der Waals surface area contributed by atoms with E-state index in [4.69, 9.17) is 0 Å². The maximum atomic E-state index is 11.7. The van der Waals surface area contributed by atoms with Crippen LogP contribution in [0.25, 0.3) is 0 Å². The van der Waals surface area contributed by atoms with E-state index in [-0.39, 0.29) is 12.6 Å². The van der Waals surface area contributed by atoms with Crippen molar-refractivity contribution in [1.82, 2.24) is 9.44 Å². The molecule has 0 unspecified atom stereocenters. The molecule has 1 rings (SSSR count). The lowest BCUT2D eigenvalue weighted by Gasteiger charge is -2.35. The summed E-state index contributed by atoms with van der Waals surface area (Å²) in [6.07, 6.45) is 2.69. The zero-order valence-corrected chi connectivity index (χ0v) is 12.6. The molecule has 0 amide bonds. The first-order chi connectivity index (χ1) is 8.67. The fourth-order valence-corrected chi connectivity index (χ4v) is 3.54. The Morgan fingerprint density at radius 1 is 1.37 bits per heavy atom. The molecule has 1 aliphatic carbocycles. The Morgan fingerprint density at radius 3 is 2.32 bits per heavy atom. The standard InChI is InChI=1S/C12H24N2O4S/c1-9(2)14-19(17,18)13-8-12(11(15)16)6-4-10(3)5-7-12/h9-10,13-14H,4-8H2,1-3H3,(H,15,16). The Balaban J connectivity index is 2.68. The number of carboxylic acid groups (broad SMARTS) is 1. The monoisotopic (exact) mass is 292 g/mol. The zero-order valence-electron chi connectivity index (χ0n) is 11.8. The van der Waals surface area contributed by atoms with Gasteiger partial charge in [-0.1, -0.05) is 6.92 Å². The fraction of sp³-hybridized carbons (Fsp3) is 0.917. The summed E-state index contributed by atoms with van der Waals surface area (Å²) in [5.41, 5.74) is -0.960. The van der Waals surface area contributed by atoms with Gasteiger partial charge in [0.25, 0.3) is 10.2 Å². The lowest BCUT2D eigenvalue weighted by molar-refractivity contribution is -0.151. The lowest BCUT2D eigenvalue weighted by Crippen LogP contribution is -2.49. The molecule has 0 heterocycles. The first-order valence-corrected chi connectivity index (χ1v) is 8.15. The molecule has 0 spiro atoms. The summed E-state index contributed by atoms with van der Waals surface area (Å²) in [6, 6.07) is -0.218. The van der Waals surface area contributed by atoms with Crippen molar-refractivity contribution in [2.45, 2.75) is 52.5 Å². The molecule has 0 radical (unpaired) electrons. The van der Waals surface area contributed by atoms with Gasteiger partial charge in [0, 0.05) is 12.6 Å². The number of hydrogen-bond donors (Lipinski definition) is 3. The van der Waals surface area contributed by atoms with Gasteiger partial charge in [0.05, 0.1) is 5.41 Å². The van der Waals surface area contributed by atoms with Gasteiger partial charge in [0.2, 0.25) is 0 Å². The minimum atomic E-state index is -3.63. The van der Waals surface area contributed by atoms with Crippen LogP contribution in [0, 0.1) is 11.3 Å². The number of hydrogen-bond acceptors (Lipinski definition) is 3. The van der Waals surface area contributed by atoms with Crippen LogP contribution in [0.15, 0.2) is 0 Å². The summed E-state index contributed by atoms with van der Waals surface area (Å²) in [4.78, 5) is 11.5. The Hall–Kier alpha value is -0.660. The van der Waals surface area contributed by atoms with Crippen LogP contribution in [-0.4, -0.2) is 32.1 Å². The number of rotatable bonds is 6. The van der Waals surface area contributed by atoms with Gasteiger partial charge < -0.3 is 5.11 Å². The van der Waals surface area contributed by atoms with E-state index in [1.165, 1.54) is 0 Å². The predicted octanol–water partition coefficient (Wildman–Crippen LogP) is 1.10. The molecule has 6 nitrogen and oxygen atoms in total. The fourth-order valence-electron chi connectivity index (χ4n) is 2.37. The highest BCUT2D eigenvalue weighted by molar-refractivity contribution is 7.87. The molecule has 0 bridgehead atoms. The van der Waals surface area contributed by atoms with E-state index >= 15 is 0 Å². The summed E-state index contributed by atoms with van der Waals surface area (Å²) in [6.45, 7) is 5.48. The van der Waals surface area contributed by atoms with E-state index in [0.717, 1.165) is 12.8 Å². The maximum absolute atomic E-state index is 11.7. The van der Waals surface area contributed by atoms with Crippen LogP contribution in [0.2, 0.25) is 0 Å². The van der Waals surface area contributed by atoms with Gasteiger partial charge in [-0.2, -0.15) is 13.1 Å². The van der Waals surface area contributed by atoms with Crippen molar-refractivity contribution in [2.24, 2.45) is 11.3 Å². The Kier molecular flexibility index (Phi) is 5.34. The third kappa shape index (κ3) is 4.74. The Morgan fingerprint density at radius 2 is 1.89 bits per heavy atom. The van der Waals surface area contributed by atoms with Crippen LogP contribution in [-0.2, 0) is 15.0 Å². The largest absolute Gasteiger partial charge is 0.481 e. The van der Waals surface area contributed by atoms with Crippen molar-refractivity contribution in [3.63, 3.8) is 0 Å². The van der Waals surface area contributed by atoms with Crippen LogP contribution in [0.4, 0.5) is 0 Å². The average molecular weight is 292 g/mol. The number of nitrogens with one attached hydrogen (secondary N) is 2. The van der Waals surface area contributed by atoms with Gasteiger partial charge in [0.1, 0.15) is 0 Å². The van der Waals surface area contributed by atoms with Crippen LogP contribution in [0.3, 0.4) is 0 Å². The van der Waals surface area contributed by atoms with Crippen molar-refractivity contribution in [3.05, 3.63) is 0 Å². The van der Waals surface area contributed by atoms with Crippen LogP contribution in [0.5, 0.6) is 0 Å². The van der Waals surface area contributed by atoms with Crippen LogP contribution >= 0.6 is 0 Å². The minimum absolute atomic E-state index is 0.0445. The molecule has 0 aromatic carbocycles. The van der Waals surface area contributed by atoms with E-state index in [1.54, 1.807) is 13.8 Å². The van der Waals surface area contributed by atoms with Crippen molar-refractivity contribution < 1.29 is 18.3 Å². The molecular formula is C12H24N2O4S. The summed E-state index contributed by atoms with van der Waals surface area (Å²) in [7, 11) is -3.63. The van der Waals surface area contributed by atoms with Crippen LogP contribution < -0.4 is 9.44 Å². The molecule has 0 aromatic heterocycles. The molecule has 1 fully saturated rings. The zero-order chi connectivity index (χ0) is 14.7. The van der Waals surface area contributed by atoms with E-state index < -0.39 is 21.6 Å². The van der Waals surface area contributed by atoms with E-state index in [1.807, 2.05) is 0 Å². The topological polar surface area (TPSA) is 95.5 Å². The molecule has 1 aliphatic rings. The molecule has 0 atom stereocenters. The van der Waals surface area contributed by atoms with Gasteiger partial charge in [0.15, 0.2) is 0 Å². The Bertz CT molecular complexity index is 411. The van der Waals surface area contributed by atoms with E-state index in [2.05, 4.69) is 16.4 Å². The van der Waals surface area contributed by atoms with Gasteiger partial charge in [-0.3, -0.25) is 4.79 Å². The van der Waals surface area contributed by atoms with E-state index in [0.29, 0.717) is 18.8 Å². The van der Waals surface area contributed by atoms with Crippen LogP contribution in [0.1, 0.15) is 46.5 Å². The number of carboxylic acids is 1. The van der Waals surface area contributed by atoms with Crippen molar-refractivity contribution in [1.29, 1.82) is 0 Å².